The molecule has 7 heteroatoms. The molecule has 0 radical (unpaired) electrons. The fourth-order valence-electron chi connectivity index (χ4n) is 3.56. The maximum atomic E-state index is 12.6. The van der Waals surface area contributed by atoms with Crippen molar-refractivity contribution in [1.29, 1.82) is 0 Å². The molecule has 0 bridgehead atoms. The van der Waals surface area contributed by atoms with Gasteiger partial charge in [0, 0.05) is 17.6 Å². The molecule has 5 aromatic rings. The van der Waals surface area contributed by atoms with Gasteiger partial charge in [-0.15, -0.1) is 16.8 Å². The van der Waals surface area contributed by atoms with Gasteiger partial charge in [0.2, 0.25) is 11.7 Å². The lowest BCUT2D eigenvalue weighted by atomic mass is 10.1. The summed E-state index contributed by atoms with van der Waals surface area (Å²) in [5.74, 6) is 1.35. The maximum Gasteiger partial charge on any atom is 0.234 e. The second-order valence-electron chi connectivity index (χ2n) is 7.25. The number of aromatic nitrogens is 3. The molecular formula is C25H20N4O2S. The number of nitrogens with one attached hydrogen (secondary N) is 1. The molecule has 5 rings (SSSR count). The lowest BCUT2D eigenvalue weighted by molar-refractivity contribution is -0.113. The predicted octanol–water partition coefficient (Wildman–Crippen LogP) is 5.76. The number of hydrogen-bond donors (Lipinski definition) is 1. The lowest BCUT2D eigenvalue weighted by Crippen LogP contribution is -2.14. The number of rotatable bonds is 7. The van der Waals surface area contributed by atoms with E-state index < -0.39 is 0 Å². The predicted molar refractivity (Wildman–Crippen MR) is 129 cm³/mol. The number of anilines is 1. The molecule has 0 aliphatic carbocycles. The number of benzene rings is 3. The summed E-state index contributed by atoms with van der Waals surface area (Å²) in [5, 5.41) is 15.4. The minimum atomic E-state index is -0.108. The Kier molecular flexibility index (Phi) is 5.47. The van der Waals surface area contributed by atoms with Gasteiger partial charge in [-0.2, -0.15) is 0 Å². The summed E-state index contributed by atoms with van der Waals surface area (Å²) in [6, 6.07) is 23.7. The van der Waals surface area contributed by atoms with E-state index in [1.54, 1.807) is 6.08 Å². The van der Waals surface area contributed by atoms with Gasteiger partial charge in [-0.25, -0.2) is 0 Å². The topological polar surface area (TPSA) is 73.0 Å². The number of thioether (sulfide) groups is 1. The smallest absolute Gasteiger partial charge is 0.234 e. The minimum absolute atomic E-state index is 0.108. The molecule has 0 saturated heterocycles. The van der Waals surface area contributed by atoms with Gasteiger partial charge in [0.1, 0.15) is 5.58 Å². The largest absolute Gasteiger partial charge is 0.453 e. The Labute approximate surface area is 188 Å². The van der Waals surface area contributed by atoms with Crippen molar-refractivity contribution >= 4 is 45.1 Å². The van der Waals surface area contributed by atoms with E-state index in [2.05, 4.69) is 22.1 Å². The Morgan fingerprint density at radius 2 is 1.78 bits per heavy atom. The number of allylic oxidation sites excluding steroid dienone is 1. The van der Waals surface area contributed by atoms with E-state index >= 15 is 0 Å². The van der Waals surface area contributed by atoms with Crippen LogP contribution in [0.2, 0.25) is 0 Å². The van der Waals surface area contributed by atoms with Gasteiger partial charge in [-0.3, -0.25) is 9.36 Å². The normalized spacial score (nSPS) is 11.1. The van der Waals surface area contributed by atoms with Crippen LogP contribution in [0, 0.1) is 0 Å². The van der Waals surface area contributed by atoms with Crippen molar-refractivity contribution in [3.8, 4) is 11.6 Å². The fraction of sp³-hybridized carbons (Fsp3) is 0.0800. The highest BCUT2D eigenvalue weighted by Gasteiger charge is 2.18. The van der Waals surface area contributed by atoms with E-state index in [9.17, 15) is 4.79 Å². The third kappa shape index (κ3) is 4.02. The number of carbonyl (C=O) groups is 1. The van der Waals surface area contributed by atoms with Crippen LogP contribution in [0.5, 0.6) is 0 Å². The number of carbonyl (C=O) groups excluding carboxylic acids is 1. The van der Waals surface area contributed by atoms with Crippen LogP contribution in [0.4, 0.5) is 5.69 Å². The molecule has 6 nitrogen and oxygen atoms in total. The quantitative estimate of drug-likeness (QED) is 0.257. The van der Waals surface area contributed by atoms with Crippen LogP contribution >= 0.6 is 11.8 Å². The molecule has 0 saturated carbocycles. The van der Waals surface area contributed by atoms with Gasteiger partial charge in [0.25, 0.3) is 0 Å². The van der Waals surface area contributed by atoms with Crippen molar-refractivity contribution in [3.63, 3.8) is 0 Å². The molecule has 2 aromatic heterocycles. The number of fused-ring (bicyclic) bond motifs is 2. The van der Waals surface area contributed by atoms with Gasteiger partial charge in [-0.1, -0.05) is 66.4 Å². The van der Waals surface area contributed by atoms with Crippen molar-refractivity contribution in [2.45, 2.75) is 11.7 Å². The molecule has 0 aliphatic rings. The van der Waals surface area contributed by atoms with Crippen LogP contribution in [0.3, 0.4) is 0 Å². The van der Waals surface area contributed by atoms with E-state index in [0.717, 1.165) is 27.4 Å². The average molecular weight is 441 g/mol. The summed E-state index contributed by atoms with van der Waals surface area (Å²) in [7, 11) is 0. The van der Waals surface area contributed by atoms with Gasteiger partial charge in [-0.05, 0) is 35.0 Å². The Balaban J connectivity index is 1.32. The summed E-state index contributed by atoms with van der Waals surface area (Å²) in [6.45, 7) is 4.34. The Morgan fingerprint density at radius 1 is 1.00 bits per heavy atom. The molecule has 158 valence electrons. The average Bonchev–Trinajstić information content (AvgIpc) is 3.41. The number of nitrogens with zero attached hydrogens (tertiary/aromatic N) is 3. The van der Waals surface area contributed by atoms with Crippen LogP contribution in [0.25, 0.3) is 33.3 Å². The summed E-state index contributed by atoms with van der Waals surface area (Å²) < 4.78 is 7.85. The standard InChI is InChI=1S/C25H20N4O2S/c1-2-13-29-24(22-15-19-9-5-6-10-21(19)31-22)27-28-25(29)32-16-23(30)26-20-12-11-17-7-3-4-8-18(17)14-20/h2-12,14-15H,1,13,16H2,(H,26,30). The van der Waals surface area contributed by atoms with Crippen molar-refractivity contribution in [1.82, 2.24) is 14.8 Å². The monoisotopic (exact) mass is 440 g/mol. The van der Waals surface area contributed by atoms with E-state index in [-0.39, 0.29) is 11.7 Å². The first kappa shape index (κ1) is 20.1. The highest BCUT2D eigenvalue weighted by atomic mass is 32.2. The fourth-order valence-corrected chi connectivity index (χ4v) is 4.31. The third-order valence-electron chi connectivity index (χ3n) is 5.04. The van der Waals surface area contributed by atoms with Gasteiger partial charge in [0.15, 0.2) is 10.9 Å². The van der Waals surface area contributed by atoms with Gasteiger partial charge < -0.3 is 9.73 Å². The van der Waals surface area contributed by atoms with E-state index in [0.29, 0.717) is 23.3 Å². The Morgan fingerprint density at radius 3 is 2.59 bits per heavy atom. The Hall–Kier alpha value is -3.84. The zero-order valence-corrected chi connectivity index (χ0v) is 18.0. The third-order valence-corrected chi connectivity index (χ3v) is 6.01. The summed E-state index contributed by atoms with van der Waals surface area (Å²) in [5.41, 5.74) is 1.56. The molecule has 0 unspecified atom stereocenters. The molecule has 32 heavy (non-hydrogen) atoms. The number of amides is 1. The molecule has 0 aliphatic heterocycles. The zero-order chi connectivity index (χ0) is 21.9. The lowest BCUT2D eigenvalue weighted by Gasteiger charge is -2.08. The van der Waals surface area contributed by atoms with Crippen molar-refractivity contribution in [2.75, 3.05) is 11.1 Å². The zero-order valence-electron chi connectivity index (χ0n) is 17.2. The summed E-state index contributed by atoms with van der Waals surface area (Å²) in [6.07, 6.45) is 1.77. The van der Waals surface area contributed by atoms with E-state index in [1.807, 2.05) is 77.4 Å². The van der Waals surface area contributed by atoms with E-state index in [1.165, 1.54) is 11.8 Å². The maximum absolute atomic E-state index is 12.6. The second kappa shape index (κ2) is 8.72. The number of para-hydroxylation sites is 1. The van der Waals surface area contributed by atoms with Crippen LogP contribution in [-0.2, 0) is 11.3 Å². The Bertz CT molecular complexity index is 1400. The molecule has 0 spiro atoms. The molecule has 1 amide bonds. The summed E-state index contributed by atoms with van der Waals surface area (Å²) in [4.78, 5) is 12.6. The van der Waals surface area contributed by atoms with Crippen molar-refractivity contribution in [3.05, 3.63) is 85.5 Å². The first-order chi connectivity index (χ1) is 15.7. The first-order valence-electron chi connectivity index (χ1n) is 10.2. The van der Waals surface area contributed by atoms with Crippen molar-refractivity contribution < 1.29 is 9.21 Å². The highest BCUT2D eigenvalue weighted by molar-refractivity contribution is 7.99. The van der Waals surface area contributed by atoms with Crippen molar-refractivity contribution in [2.24, 2.45) is 0 Å². The molecule has 0 atom stereocenters. The molecule has 0 fully saturated rings. The van der Waals surface area contributed by atoms with E-state index in [4.69, 9.17) is 4.42 Å². The van der Waals surface area contributed by atoms with Crippen LogP contribution in [0.15, 0.2) is 95.0 Å². The number of furan rings is 1. The van der Waals surface area contributed by atoms with Gasteiger partial charge >= 0.3 is 0 Å². The minimum Gasteiger partial charge on any atom is -0.453 e. The van der Waals surface area contributed by atoms with Gasteiger partial charge in [0.05, 0.1) is 5.75 Å². The van der Waals surface area contributed by atoms with Crippen LogP contribution < -0.4 is 5.32 Å². The van der Waals surface area contributed by atoms with Crippen LogP contribution in [-0.4, -0.2) is 26.4 Å². The molecule has 3 aromatic carbocycles. The molecule has 1 N–H and O–H groups in total. The second-order valence-corrected chi connectivity index (χ2v) is 8.20. The highest BCUT2D eigenvalue weighted by Crippen LogP contribution is 2.29. The SMILES string of the molecule is C=CCn1c(SCC(=O)Nc2ccc3ccccc3c2)nnc1-c1cc2ccccc2o1. The van der Waals surface area contributed by atoms with Crippen LogP contribution in [0.1, 0.15) is 0 Å². The first-order valence-corrected chi connectivity index (χ1v) is 11.1. The number of hydrogen-bond acceptors (Lipinski definition) is 5. The summed E-state index contributed by atoms with van der Waals surface area (Å²) >= 11 is 1.33. The molecular weight excluding hydrogens is 420 g/mol. The molecule has 2 heterocycles.